The first kappa shape index (κ1) is 44.4. The molecule has 3 aliphatic heterocycles. The average molecular weight is 921 g/mol. The molecule has 4 amide bonds. The van der Waals surface area contributed by atoms with Gasteiger partial charge < -0.3 is 44.6 Å². The highest BCUT2D eigenvalue weighted by Gasteiger charge is 2.40. The maximum atomic E-state index is 16.8. The van der Waals surface area contributed by atoms with Crippen LogP contribution in [0.5, 0.6) is 5.75 Å². The van der Waals surface area contributed by atoms with Crippen LogP contribution in [-0.4, -0.2) is 103 Å². The minimum Gasteiger partial charge on any atom is -0.464 e. The first-order valence-electron chi connectivity index (χ1n) is 22.2. The van der Waals surface area contributed by atoms with E-state index in [-0.39, 0.29) is 35.7 Å². The van der Waals surface area contributed by atoms with Gasteiger partial charge in [0.15, 0.2) is 0 Å². The number of hydrogen-bond donors (Lipinski definition) is 4. The number of rotatable bonds is 11. The number of thiazole rings is 1. The summed E-state index contributed by atoms with van der Waals surface area (Å²) in [5, 5.41) is 7.09. The summed E-state index contributed by atoms with van der Waals surface area (Å²) in [7, 11) is 2.54. The Morgan fingerprint density at radius 3 is 1.89 bits per heavy atom. The van der Waals surface area contributed by atoms with Gasteiger partial charge in [0.2, 0.25) is 18.0 Å². The number of benzene rings is 2. The zero-order valence-corrected chi connectivity index (χ0v) is 38.6. The lowest BCUT2D eigenvalue weighted by atomic mass is 10.0. The highest BCUT2D eigenvalue weighted by atomic mass is 32.1. The van der Waals surface area contributed by atoms with E-state index in [0.29, 0.717) is 59.4 Å². The van der Waals surface area contributed by atoms with E-state index in [1.54, 1.807) is 28.4 Å². The SMILES string of the molecule is COC(=O)NC(C(=O)N1CCC[C@H]1c1ncc(-c2cc(F)c3c(c2)OC(c2cnc(C)s2)n2c-3cc3cc(-c4cnc([C@@H]5CCCN5C(=O)C(NC(=O)OC)C(C)C)[nH]4)ccc32)[nH]1)C(C)C. The van der Waals surface area contributed by atoms with Gasteiger partial charge in [-0.3, -0.25) is 14.2 Å². The largest absolute Gasteiger partial charge is 0.464 e. The summed E-state index contributed by atoms with van der Waals surface area (Å²) >= 11 is 1.50. The summed E-state index contributed by atoms with van der Waals surface area (Å²) in [6.45, 7) is 10.5. The van der Waals surface area contributed by atoms with Crippen LogP contribution in [0.15, 0.2) is 55.0 Å². The van der Waals surface area contributed by atoms with Crippen LogP contribution in [-0.2, 0) is 19.1 Å². The van der Waals surface area contributed by atoms with E-state index in [1.165, 1.54) is 31.6 Å². The number of alkyl carbamates (subject to hydrolysis) is 2. The zero-order chi connectivity index (χ0) is 46.6. The number of aryl methyl sites for hydroxylation is 1. The lowest BCUT2D eigenvalue weighted by Crippen LogP contribution is -2.51. The van der Waals surface area contributed by atoms with Crippen molar-refractivity contribution in [1.82, 2.24) is 49.9 Å². The first-order chi connectivity index (χ1) is 31.7. The number of ether oxygens (including phenoxy) is 3. The molecule has 19 heteroatoms. The third kappa shape index (κ3) is 8.13. The molecule has 5 atom stereocenters. The van der Waals surface area contributed by atoms with E-state index in [0.717, 1.165) is 51.3 Å². The van der Waals surface area contributed by atoms with Crippen LogP contribution >= 0.6 is 11.3 Å². The van der Waals surface area contributed by atoms with Crippen molar-refractivity contribution >= 4 is 46.2 Å². The summed E-state index contributed by atoms with van der Waals surface area (Å²) in [6, 6.07) is 9.08. The number of methoxy groups -OCH3 is 2. The third-order valence-corrected chi connectivity index (χ3v) is 13.7. The molecule has 3 unspecified atom stereocenters. The van der Waals surface area contributed by atoms with Gasteiger partial charge in [0, 0.05) is 35.8 Å². The fraction of sp³-hybridized carbons (Fsp3) is 0.426. The van der Waals surface area contributed by atoms with Gasteiger partial charge in [-0.15, -0.1) is 11.3 Å². The number of amides is 4. The lowest BCUT2D eigenvalue weighted by molar-refractivity contribution is -0.136. The summed E-state index contributed by atoms with van der Waals surface area (Å²) in [6.07, 6.45) is 6.16. The summed E-state index contributed by atoms with van der Waals surface area (Å²) in [4.78, 5) is 76.9. The van der Waals surface area contributed by atoms with Gasteiger partial charge in [0.1, 0.15) is 35.3 Å². The number of halogens is 1. The maximum Gasteiger partial charge on any atom is 0.407 e. The van der Waals surface area contributed by atoms with Gasteiger partial charge in [-0.25, -0.2) is 28.9 Å². The Balaban J connectivity index is 1.02. The number of hydrogen-bond acceptors (Lipinski definition) is 11. The van der Waals surface area contributed by atoms with E-state index >= 15 is 4.39 Å². The van der Waals surface area contributed by atoms with E-state index in [2.05, 4.69) is 30.6 Å². The van der Waals surface area contributed by atoms with E-state index < -0.39 is 36.3 Å². The number of nitrogens with one attached hydrogen (secondary N) is 4. The molecule has 3 aliphatic rings. The molecule has 0 bridgehead atoms. The monoisotopic (exact) mass is 920 g/mol. The molecular formula is C47H53FN10O7S. The Bertz CT molecular complexity index is 2830. The second-order valence-electron chi connectivity index (χ2n) is 17.7. The molecular weight excluding hydrogens is 868 g/mol. The Kier molecular flexibility index (Phi) is 12.1. The van der Waals surface area contributed by atoms with Crippen molar-refractivity contribution in [1.29, 1.82) is 0 Å². The van der Waals surface area contributed by atoms with Gasteiger partial charge >= 0.3 is 12.2 Å². The lowest BCUT2D eigenvalue weighted by Gasteiger charge is -2.30. The normalized spacial score (nSPS) is 18.8. The standard InChI is InChI=1S/C47H53FN10O7S/c1-23(2)39(54-46(61)63-6)43(59)56-14-8-10-33(56)41-50-20-30(52-41)26-12-13-32-28(16-26)18-35-38-29(48)17-27(19-36(38)65-45(58(32)35)37-22-49-25(5)66-37)31-21-51-42(53-31)34-11-9-15-57(34)44(60)40(24(3)4)55-47(62)64-7/h12-13,16-24,33-34,39-40,45H,8-11,14-15H2,1-7H3,(H,50,52)(H,51,53)(H,54,61)(H,55,62)/t33-,34-,39?,40?,45?/m0/s1. The van der Waals surface area contributed by atoms with Crippen LogP contribution < -0.4 is 15.4 Å². The topological polar surface area (TPSA) is 202 Å². The number of carbonyl (C=O) groups excluding carboxylic acids is 4. The predicted molar refractivity (Wildman–Crippen MR) is 244 cm³/mol. The van der Waals surface area contributed by atoms with Gasteiger partial charge in [-0.2, -0.15) is 0 Å². The van der Waals surface area contributed by atoms with E-state index in [9.17, 15) is 19.2 Å². The minimum atomic E-state index is -0.773. The van der Waals surface area contributed by atoms with Crippen LogP contribution in [0.2, 0.25) is 0 Å². The molecule has 4 aromatic heterocycles. The fourth-order valence-electron chi connectivity index (χ4n) is 9.47. The van der Waals surface area contributed by atoms with Crippen molar-refractivity contribution in [2.24, 2.45) is 11.8 Å². The van der Waals surface area contributed by atoms with Crippen molar-refractivity contribution < 1.29 is 37.8 Å². The van der Waals surface area contributed by atoms with Crippen molar-refractivity contribution in [3.63, 3.8) is 0 Å². The number of aromatic nitrogens is 6. The Hall–Kier alpha value is -6.76. The highest BCUT2D eigenvalue weighted by Crippen LogP contribution is 2.48. The number of carbonyl (C=O) groups is 4. The number of fused-ring (bicyclic) bond motifs is 5. The number of likely N-dealkylation sites (tertiary alicyclic amines) is 2. The molecule has 66 heavy (non-hydrogen) atoms. The van der Waals surface area contributed by atoms with Gasteiger partial charge in [-0.05, 0) is 74.8 Å². The molecule has 17 nitrogen and oxygen atoms in total. The van der Waals surface area contributed by atoms with Crippen molar-refractivity contribution in [2.45, 2.75) is 90.7 Å². The molecule has 6 aromatic rings. The molecule has 2 fully saturated rings. The number of imidazole rings is 2. The molecule has 7 heterocycles. The van der Waals surface area contributed by atoms with Crippen molar-refractivity contribution in [3.8, 4) is 39.5 Å². The first-order valence-corrected chi connectivity index (χ1v) is 23.0. The Labute approximate surface area is 384 Å². The van der Waals surface area contributed by atoms with Gasteiger partial charge in [-0.1, -0.05) is 33.8 Å². The predicted octanol–water partition coefficient (Wildman–Crippen LogP) is 8.02. The average Bonchev–Trinajstić information content (AvgIpc) is 4.16. The molecule has 0 radical (unpaired) electrons. The maximum absolute atomic E-state index is 16.8. The van der Waals surface area contributed by atoms with Gasteiger partial charge in [0.05, 0.1) is 76.7 Å². The van der Waals surface area contributed by atoms with Crippen LogP contribution in [0.3, 0.4) is 0 Å². The molecule has 9 rings (SSSR count). The van der Waals surface area contributed by atoms with Crippen LogP contribution in [0.1, 0.15) is 93.2 Å². The summed E-state index contributed by atoms with van der Waals surface area (Å²) in [5.41, 5.74) is 4.48. The minimum absolute atomic E-state index is 0.154. The molecule has 2 aromatic carbocycles. The second kappa shape index (κ2) is 17.9. The molecule has 346 valence electrons. The number of nitrogens with zero attached hydrogens (tertiary/aromatic N) is 6. The van der Waals surface area contributed by atoms with Crippen molar-refractivity contribution in [3.05, 3.63) is 82.3 Å². The second-order valence-corrected chi connectivity index (χ2v) is 19.0. The fourth-order valence-corrected chi connectivity index (χ4v) is 10.3. The third-order valence-electron chi connectivity index (χ3n) is 12.8. The smallest absolute Gasteiger partial charge is 0.407 e. The quantitative estimate of drug-likeness (QED) is 0.0986. The summed E-state index contributed by atoms with van der Waals surface area (Å²) < 4.78 is 35.1. The molecule has 0 saturated carbocycles. The van der Waals surface area contributed by atoms with Gasteiger partial charge in [0.25, 0.3) is 0 Å². The molecule has 2 saturated heterocycles. The molecule has 4 N–H and O–H groups in total. The van der Waals surface area contributed by atoms with Crippen LogP contribution in [0, 0.1) is 24.6 Å². The highest BCUT2D eigenvalue weighted by molar-refractivity contribution is 7.11. The zero-order valence-electron chi connectivity index (χ0n) is 37.8. The van der Waals surface area contributed by atoms with Crippen LogP contribution in [0.4, 0.5) is 14.0 Å². The molecule has 0 spiro atoms. The van der Waals surface area contributed by atoms with Crippen molar-refractivity contribution in [2.75, 3.05) is 27.3 Å². The Morgan fingerprint density at radius 1 is 0.788 bits per heavy atom. The van der Waals surface area contributed by atoms with E-state index in [4.69, 9.17) is 19.2 Å². The Morgan fingerprint density at radius 2 is 1.36 bits per heavy atom. The number of H-pyrrole nitrogens is 2. The summed E-state index contributed by atoms with van der Waals surface area (Å²) in [5.74, 6) is 0.353. The number of aromatic amines is 2. The van der Waals surface area contributed by atoms with E-state index in [1.807, 2.05) is 69.5 Å². The molecule has 0 aliphatic carbocycles. The van der Waals surface area contributed by atoms with Crippen LogP contribution in [0.25, 0.3) is 44.7 Å².